The zero-order valence-corrected chi connectivity index (χ0v) is 16.6. The highest BCUT2D eigenvalue weighted by Crippen LogP contribution is 2.42. The second-order valence-electron chi connectivity index (χ2n) is 6.86. The molecule has 2 heterocycles. The Balaban J connectivity index is 1.61. The molecule has 1 aromatic heterocycles. The number of hydrogen-bond acceptors (Lipinski definition) is 4. The lowest BCUT2D eigenvalue weighted by molar-refractivity contribution is 0.293. The minimum absolute atomic E-state index is 0.485. The molecular formula is C18H30N4S2. The summed E-state index contributed by atoms with van der Waals surface area (Å²) in [6.45, 7) is 8.27. The van der Waals surface area contributed by atoms with E-state index in [1.165, 1.54) is 50.1 Å². The number of aryl methyl sites for hydroxylation is 1. The Morgan fingerprint density at radius 1 is 1.38 bits per heavy atom. The van der Waals surface area contributed by atoms with E-state index in [-0.39, 0.29) is 0 Å². The maximum absolute atomic E-state index is 4.91. The average molecular weight is 367 g/mol. The fraction of sp³-hybridized carbons (Fsp3) is 0.778. The summed E-state index contributed by atoms with van der Waals surface area (Å²) in [5.74, 6) is 2.34. The first-order chi connectivity index (χ1) is 11.7. The van der Waals surface area contributed by atoms with Crippen LogP contribution in [0.5, 0.6) is 0 Å². The summed E-state index contributed by atoms with van der Waals surface area (Å²) in [6.07, 6.45) is 7.92. The highest BCUT2D eigenvalue weighted by Gasteiger charge is 2.38. The summed E-state index contributed by atoms with van der Waals surface area (Å²) in [7, 11) is 0. The Morgan fingerprint density at radius 3 is 2.92 bits per heavy atom. The standard InChI is InChI=1S/C18H30N4S2/c1-3-19-17(20-10-7-16-13-23-15(2)21-16)22-11-12-24-18(14-22)8-5-4-6-9-18/h13H,3-12,14H2,1-2H3,(H,19,20). The van der Waals surface area contributed by atoms with Crippen LogP contribution >= 0.6 is 23.1 Å². The minimum Gasteiger partial charge on any atom is -0.357 e. The second kappa shape index (κ2) is 8.56. The van der Waals surface area contributed by atoms with Crippen LogP contribution in [-0.2, 0) is 6.42 Å². The highest BCUT2D eigenvalue weighted by molar-refractivity contribution is 8.00. The van der Waals surface area contributed by atoms with E-state index in [1.807, 2.05) is 0 Å². The fourth-order valence-corrected chi connectivity index (χ4v) is 5.97. The summed E-state index contributed by atoms with van der Waals surface area (Å²) in [6, 6.07) is 0. The Kier molecular flexibility index (Phi) is 6.44. The molecule has 24 heavy (non-hydrogen) atoms. The highest BCUT2D eigenvalue weighted by atomic mass is 32.2. The van der Waals surface area contributed by atoms with E-state index in [0.717, 1.165) is 37.0 Å². The maximum Gasteiger partial charge on any atom is 0.193 e. The van der Waals surface area contributed by atoms with E-state index in [0.29, 0.717) is 4.75 Å². The zero-order chi connectivity index (χ0) is 16.8. The van der Waals surface area contributed by atoms with Crippen LogP contribution in [0.1, 0.15) is 49.7 Å². The normalized spacial score (nSPS) is 21.2. The molecule has 3 rings (SSSR count). The van der Waals surface area contributed by atoms with Crippen LogP contribution in [0, 0.1) is 6.92 Å². The minimum atomic E-state index is 0.485. The molecule has 1 N–H and O–H groups in total. The van der Waals surface area contributed by atoms with Gasteiger partial charge in [0, 0.05) is 48.5 Å². The molecule has 0 aromatic carbocycles. The van der Waals surface area contributed by atoms with Crippen molar-refractivity contribution in [2.75, 3.05) is 31.9 Å². The Labute approximate surface area is 154 Å². The molecule has 6 heteroatoms. The fourth-order valence-electron chi connectivity index (χ4n) is 3.75. The van der Waals surface area contributed by atoms with Crippen LogP contribution in [0.15, 0.2) is 10.4 Å². The topological polar surface area (TPSA) is 40.5 Å². The van der Waals surface area contributed by atoms with E-state index < -0.39 is 0 Å². The van der Waals surface area contributed by atoms with Crippen LogP contribution in [0.4, 0.5) is 0 Å². The number of nitrogens with one attached hydrogen (secondary N) is 1. The Bertz CT molecular complexity index is 543. The van der Waals surface area contributed by atoms with Crippen molar-refractivity contribution >= 4 is 29.1 Å². The molecular weight excluding hydrogens is 336 g/mol. The van der Waals surface area contributed by atoms with Gasteiger partial charge in [-0.1, -0.05) is 19.3 Å². The smallest absolute Gasteiger partial charge is 0.193 e. The predicted molar refractivity (Wildman–Crippen MR) is 106 cm³/mol. The molecule has 1 aliphatic heterocycles. The van der Waals surface area contributed by atoms with E-state index in [1.54, 1.807) is 11.3 Å². The number of aliphatic imine (C=N–C) groups is 1. The lowest BCUT2D eigenvalue weighted by Gasteiger charge is -2.45. The molecule has 1 aromatic rings. The van der Waals surface area contributed by atoms with Gasteiger partial charge in [0.1, 0.15) is 0 Å². The van der Waals surface area contributed by atoms with Gasteiger partial charge in [0.15, 0.2) is 5.96 Å². The first kappa shape index (κ1) is 18.1. The molecule has 1 saturated heterocycles. The first-order valence-corrected chi connectivity index (χ1v) is 11.2. The van der Waals surface area contributed by atoms with E-state index >= 15 is 0 Å². The van der Waals surface area contributed by atoms with Crippen molar-refractivity contribution in [3.63, 3.8) is 0 Å². The van der Waals surface area contributed by atoms with E-state index in [9.17, 15) is 0 Å². The largest absolute Gasteiger partial charge is 0.357 e. The molecule has 1 saturated carbocycles. The van der Waals surface area contributed by atoms with Crippen molar-refractivity contribution in [3.05, 3.63) is 16.1 Å². The van der Waals surface area contributed by atoms with Crippen molar-refractivity contribution < 1.29 is 0 Å². The van der Waals surface area contributed by atoms with Gasteiger partial charge in [0.2, 0.25) is 0 Å². The third-order valence-corrected chi connectivity index (χ3v) is 7.30. The number of thiazole rings is 1. The molecule has 1 aliphatic carbocycles. The van der Waals surface area contributed by atoms with Crippen LogP contribution in [0.2, 0.25) is 0 Å². The van der Waals surface area contributed by atoms with Gasteiger partial charge in [0.25, 0.3) is 0 Å². The van der Waals surface area contributed by atoms with Gasteiger partial charge in [-0.3, -0.25) is 4.99 Å². The van der Waals surface area contributed by atoms with Gasteiger partial charge in [-0.15, -0.1) is 11.3 Å². The van der Waals surface area contributed by atoms with Gasteiger partial charge >= 0.3 is 0 Å². The lowest BCUT2D eigenvalue weighted by atomic mass is 9.87. The van der Waals surface area contributed by atoms with Gasteiger partial charge in [-0.25, -0.2) is 4.98 Å². The van der Waals surface area contributed by atoms with Crippen LogP contribution < -0.4 is 5.32 Å². The molecule has 0 radical (unpaired) electrons. The zero-order valence-electron chi connectivity index (χ0n) is 15.0. The van der Waals surface area contributed by atoms with Crippen LogP contribution in [0.3, 0.4) is 0 Å². The molecule has 0 amide bonds. The third kappa shape index (κ3) is 4.66. The van der Waals surface area contributed by atoms with Crippen molar-refractivity contribution in [3.8, 4) is 0 Å². The summed E-state index contributed by atoms with van der Waals surface area (Å²) < 4.78 is 0.485. The van der Waals surface area contributed by atoms with Gasteiger partial charge < -0.3 is 10.2 Å². The molecule has 2 fully saturated rings. The second-order valence-corrected chi connectivity index (χ2v) is 9.48. The quantitative estimate of drug-likeness (QED) is 0.651. The lowest BCUT2D eigenvalue weighted by Crippen LogP contribution is -2.53. The predicted octanol–water partition coefficient (Wildman–Crippen LogP) is 3.71. The van der Waals surface area contributed by atoms with Crippen molar-refractivity contribution in [1.82, 2.24) is 15.2 Å². The first-order valence-electron chi connectivity index (χ1n) is 9.29. The molecule has 4 nitrogen and oxygen atoms in total. The average Bonchev–Trinajstić information content (AvgIpc) is 3.00. The monoisotopic (exact) mass is 366 g/mol. The van der Waals surface area contributed by atoms with Crippen molar-refractivity contribution in [2.45, 2.75) is 57.1 Å². The Morgan fingerprint density at radius 2 is 2.21 bits per heavy atom. The number of thioether (sulfide) groups is 1. The summed E-state index contributed by atoms with van der Waals surface area (Å²) in [5, 5.41) is 6.82. The van der Waals surface area contributed by atoms with Gasteiger partial charge in [-0.05, 0) is 26.7 Å². The summed E-state index contributed by atoms with van der Waals surface area (Å²) >= 11 is 3.94. The maximum atomic E-state index is 4.91. The summed E-state index contributed by atoms with van der Waals surface area (Å²) in [4.78, 5) is 12.0. The molecule has 0 atom stereocenters. The third-order valence-electron chi connectivity index (χ3n) is 4.94. The number of aromatic nitrogens is 1. The molecule has 1 spiro atoms. The molecule has 0 unspecified atom stereocenters. The van der Waals surface area contributed by atoms with Gasteiger partial charge in [0.05, 0.1) is 10.7 Å². The van der Waals surface area contributed by atoms with Crippen molar-refractivity contribution in [1.29, 1.82) is 0 Å². The summed E-state index contributed by atoms with van der Waals surface area (Å²) in [5.41, 5.74) is 1.18. The molecule has 0 bridgehead atoms. The van der Waals surface area contributed by atoms with E-state index in [2.05, 4.69) is 46.2 Å². The Hall–Kier alpha value is -0.750. The SMILES string of the molecule is CCNC(=NCCc1csc(C)n1)N1CCSC2(CCCCC2)C1. The van der Waals surface area contributed by atoms with Gasteiger partial charge in [-0.2, -0.15) is 11.8 Å². The number of nitrogens with zero attached hydrogens (tertiary/aromatic N) is 3. The number of hydrogen-bond donors (Lipinski definition) is 1. The molecule has 2 aliphatic rings. The van der Waals surface area contributed by atoms with Crippen LogP contribution in [0.25, 0.3) is 0 Å². The number of rotatable bonds is 4. The van der Waals surface area contributed by atoms with Crippen LogP contribution in [-0.4, -0.2) is 52.5 Å². The van der Waals surface area contributed by atoms with E-state index in [4.69, 9.17) is 4.99 Å². The van der Waals surface area contributed by atoms with Crippen molar-refractivity contribution in [2.24, 2.45) is 4.99 Å². The number of guanidine groups is 1. The molecule has 134 valence electrons.